The number of nitrogens with zero attached hydrogens (tertiary/aromatic N) is 6. The van der Waals surface area contributed by atoms with Crippen molar-refractivity contribution in [2.75, 3.05) is 32.8 Å². The van der Waals surface area contributed by atoms with Gasteiger partial charge in [0.2, 0.25) is 5.91 Å². The number of aromatic nitrogens is 5. The number of hydrogen-bond donors (Lipinski definition) is 1. The van der Waals surface area contributed by atoms with Crippen LogP contribution in [0, 0.1) is 25.7 Å². The maximum Gasteiger partial charge on any atom is 0.420 e. The number of hydrogen-bond acceptors (Lipinski definition) is 8. The molecule has 0 radical (unpaired) electrons. The molecule has 332 valence electrons. The first kappa shape index (κ1) is 47.7. The average molecular weight is 852 g/mol. The van der Waals surface area contributed by atoms with E-state index in [4.69, 9.17) is 19.4 Å². The molecular formula is C49H73N7O4Si. The van der Waals surface area contributed by atoms with Crippen LogP contribution in [0.25, 0.3) is 33.5 Å². The van der Waals surface area contributed by atoms with E-state index in [0.29, 0.717) is 50.4 Å². The predicted octanol–water partition coefficient (Wildman–Crippen LogP) is 10.5. The van der Waals surface area contributed by atoms with Gasteiger partial charge < -0.3 is 19.7 Å². The smallest absolute Gasteiger partial charge is 0.420 e. The molecule has 0 bridgehead atoms. The quantitative estimate of drug-likeness (QED) is 0.0684. The van der Waals surface area contributed by atoms with Crippen LogP contribution in [-0.2, 0) is 32.8 Å². The van der Waals surface area contributed by atoms with E-state index in [1.807, 2.05) is 56.6 Å². The molecule has 0 fully saturated rings. The van der Waals surface area contributed by atoms with Crippen molar-refractivity contribution >= 4 is 42.3 Å². The molecule has 0 aliphatic rings. The molecular weight excluding hydrogens is 779 g/mol. The highest BCUT2D eigenvalue weighted by Crippen LogP contribution is 2.41. The monoisotopic (exact) mass is 852 g/mol. The number of aryl methyl sites for hydroxylation is 2. The molecule has 61 heavy (non-hydrogen) atoms. The fourth-order valence-corrected chi connectivity index (χ4v) is 8.72. The predicted molar refractivity (Wildman–Crippen MR) is 252 cm³/mol. The van der Waals surface area contributed by atoms with Gasteiger partial charge in [0.25, 0.3) is 0 Å². The van der Waals surface area contributed by atoms with Crippen LogP contribution in [0.4, 0.5) is 4.79 Å². The van der Waals surface area contributed by atoms with E-state index in [1.54, 1.807) is 10.8 Å². The van der Waals surface area contributed by atoms with Crippen molar-refractivity contribution in [3.05, 3.63) is 76.9 Å². The Labute approximate surface area is 366 Å². The molecule has 1 amide bonds. The van der Waals surface area contributed by atoms with Crippen LogP contribution >= 0.6 is 0 Å². The summed E-state index contributed by atoms with van der Waals surface area (Å²) in [4.78, 5) is 45.3. The van der Waals surface area contributed by atoms with Gasteiger partial charge in [-0.2, -0.15) is 0 Å². The fraction of sp³-hybridized carbons (Fsp3) is 0.571. The number of fused-ring (bicyclic) bond motifs is 2. The van der Waals surface area contributed by atoms with E-state index in [-0.39, 0.29) is 11.8 Å². The number of pyridine rings is 2. The number of carbonyl (C=O) groups excluding carboxylic acids is 2. The molecule has 0 saturated heterocycles. The molecule has 11 nitrogen and oxygen atoms in total. The summed E-state index contributed by atoms with van der Waals surface area (Å²) in [5.74, 6) is 0.663. The highest BCUT2D eigenvalue weighted by atomic mass is 28.3. The molecule has 0 aliphatic heterocycles. The largest absolute Gasteiger partial charge is 0.443 e. The first-order valence-electron chi connectivity index (χ1n) is 22.2. The molecule has 0 unspecified atom stereocenters. The van der Waals surface area contributed by atoms with Crippen LogP contribution in [0.5, 0.6) is 0 Å². The van der Waals surface area contributed by atoms with Crippen molar-refractivity contribution in [1.82, 2.24) is 34.3 Å². The first-order valence-corrected chi connectivity index (χ1v) is 25.9. The van der Waals surface area contributed by atoms with Gasteiger partial charge in [0.15, 0.2) is 5.65 Å². The van der Waals surface area contributed by atoms with Crippen molar-refractivity contribution in [2.24, 2.45) is 11.8 Å². The van der Waals surface area contributed by atoms with Crippen LogP contribution in [0.15, 0.2) is 49.1 Å². The van der Waals surface area contributed by atoms with Crippen molar-refractivity contribution in [3.63, 3.8) is 0 Å². The molecule has 4 heterocycles. The summed E-state index contributed by atoms with van der Waals surface area (Å²) in [7, 11) is -1.16. The Hall–Kier alpha value is -4.39. The van der Waals surface area contributed by atoms with E-state index >= 15 is 0 Å². The number of ether oxygens (including phenoxy) is 2. The Bertz CT molecular complexity index is 2280. The van der Waals surface area contributed by atoms with E-state index in [9.17, 15) is 9.59 Å². The summed E-state index contributed by atoms with van der Waals surface area (Å²) in [6.07, 6.45) is 5.79. The van der Waals surface area contributed by atoms with Crippen molar-refractivity contribution in [2.45, 2.75) is 139 Å². The number of rotatable bonds is 18. The second kappa shape index (κ2) is 19.3. The Morgan fingerprint density at radius 3 is 2.10 bits per heavy atom. The third-order valence-corrected chi connectivity index (χ3v) is 12.6. The second-order valence-electron chi connectivity index (χ2n) is 20.8. The summed E-state index contributed by atoms with van der Waals surface area (Å²) in [5.41, 5.74) is 7.33. The molecule has 0 spiro atoms. The Balaban J connectivity index is 1.50. The lowest BCUT2D eigenvalue weighted by Gasteiger charge is -2.34. The standard InChI is InChI=1S/C49H73N7O4Si/c1-32(2)28-54(29-33(3)4)46(57)49(11,12)39-24-40-42(43(38-21-34(5)20-35(6)22-38)56(44(40)52-27-39)47(58)60-48(8,9)10)36(7)25-50-17-16-37-23-41-45(51-26-37)55(30-53-41)31-59-18-19-61(13,14)15/h20-24,26-27,30,32-33,36,50H,16-19,25,28-29,31H2,1-15H3/t36-/m1/s1. The van der Waals surface area contributed by atoms with Gasteiger partial charge in [-0.1, -0.05) is 71.5 Å². The zero-order valence-corrected chi connectivity index (χ0v) is 40.8. The highest BCUT2D eigenvalue weighted by Gasteiger charge is 2.37. The minimum Gasteiger partial charge on any atom is -0.443 e. The maximum atomic E-state index is 14.5. The van der Waals surface area contributed by atoms with Gasteiger partial charge >= 0.3 is 6.09 Å². The number of nitrogens with one attached hydrogen (secondary N) is 1. The zero-order chi connectivity index (χ0) is 45.0. The lowest BCUT2D eigenvalue weighted by Crippen LogP contribution is -2.46. The lowest BCUT2D eigenvalue weighted by molar-refractivity contribution is -0.137. The first-order chi connectivity index (χ1) is 28.4. The van der Waals surface area contributed by atoms with Gasteiger partial charge in [-0.3, -0.25) is 9.36 Å². The number of amides is 1. The fourth-order valence-electron chi connectivity index (χ4n) is 7.97. The Morgan fingerprint density at radius 2 is 1.49 bits per heavy atom. The lowest BCUT2D eigenvalue weighted by atomic mass is 9.82. The van der Waals surface area contributed by atoms with Crippen LogP contribution in [0.1, 0.15) is 103 Å². The summed E-state index contributed by atoms with van der Waals surface area (Å²) >= 11 is 0. The van der Waals surface area contributed by atoms with Gasteiger partial charge in [-0.25, -0.2) is 24.3 Å². The van der Waals surface area contributed by atoms with E-state index < -0.39 is 25.2 Å². The molecule has 1 aromatic carbocycles. The molecule has 5 aromatic rings. The Morgan fingerprint density at radius 1 is 0.852 bits per heavy atom. The minimum absolute atomic E-state index is 0.0616. The zero-order valence-electron chi connectivity index (χ0n) is 39.8. The maximum absolute atomic E-state index is 14.5. The third kappa shape index (κ3) is 12.2. The van der Waals surface area contributed by atoms with Gasteiger partial charge in [0.1, 0.15) is 23.5 Å². The van der Waals surface area contributed by atoms with E-state index in [0.717, 1.165) is 74.7 Å². The van der Waals surface area contributed by atoms with Crippen LogP contribution in [0.2, 0.25) is 25.7 Å². The molecule has 0 aliphatic carbocycles. The highest BCUT2D eigenvalue weighted by molar-refractivity contribution is 6.76. The van der Waals surface area contributed by atoms with Gasteiger partial charge in [0, 0.05) is 52.1 Å². The van der Waals surface area contributed by atoms with E-state index in [1.165, 1.54) is 0 Å². The van der Waals surface area contributed by atoms with Gasteiger partial charge in [0.05, 0.1) is 17.4 Å². The van der Waals surface area contributed by atoms with Gasteiger partial charge in [-0.05, 0) is 132 Å². The summed E-state index contributed by atoms with van der Waals surface area (Å²) < 4.78 is 15.7. The van der Waals surface area contributed by atoms with Crippen LogP contribution in [0.3, 0.4) is 0 Å². The molecule has 1 N–H and O–H groups in total. The summed E-state index contributed by atoms with van der Waals surface area (Å²) in [5, 5.41) is 4.55. The van der Waals surface area contributed by atoms with Crippen LogP contribution < -0.4 is 5.32 Å². The SMILES string of the molecule is Cc1cc(C)cc(-c2c([C@H](C)CNCCc3cnc4c(c3)ncn4COCC[Si](C)(C)C)c3cc(C(C)(C)C(=O)N(CC(C)C)CC(C)C)cnc3n2C(=O)OC(C)(C)C)c1. The molecule has 1 atom stereocenters. The van der Waals surface area contributed by atoms with Crippen molar-refractivity contribution < 1.29 is 19.1 Å². The third-order valence-electron chi connectivity index (χ3n) is 10.9. The number of carbonyl (C=O) groups is 2. The Kier molecular flexibility index (Phi) is 15.1. The molecule has 0 saturated carbocycles. The second-order valence-corrected chi connectivity index (χ2v) is 26.4. The molecule has 12 heteroatoms. The van der Waals surface area contributed by atoms with Gasteiger partial charge in [-0.15, -0.1) is 0 Å². The topological polar surface area (TPSA) is 116 Å². The average Bonchev–Trinajstić information content (AvgIpc) is 3.71. The summed E-state index contributed by atoms with van der Waals surface area (Å²) in [6.45, 7) is 35.5. The molecule has 4 aromatic heterocycles. The molecule has 5 rings (SSSR count). The van der Waals surface area contributed by atoms with Crippen LogP contribution in [-0.4, -0.2) is 87.4 Å². The van der Waals surface area contributed by atoms with E-state index in [2.05, 4.69) is 109 Å². The number of imidazole rings is 1. The van der Waals surface area contributed by atoms with Crippen molar-refractivity contribution in [3.8, 4) is 11.3 Å². The summed E-state index contributed by atoms with van der Waals surface area (Å²) in [6, 6.07) is 11.7. The number of benzene rings is 1. The van der Waals surface area contributed by atoms with Crippen molar-refractivity contribution in [1.29, 1.82) is 0 Å². The normalized spacial score (nSPS) is 13.2. The minimum atomic E-state index is -1.16.